The van der Waals surface area contributed by atoms with Gasteiger partial charge in [0.15, 0.2) is 0 Å². The summed E-state index contributed by atoms with van der Waals surface area (Å²) in [7, 11) is 0. The molecule has 102 valence electrons. The van der Waals surface area contributed by atoms with Crippen LogP contribution in [0.5, 0.6) is 0 Å². The fourth-order valence-electron chi connectivity index (χ4n) is 2.76. The van der Waals surface area contributed by atoms with Crippen LogP contribution < -0.4 is 5.73 Å². The Kier molecular flexibility index (Phi) is 6.37. The van der Waals surface area contributed by atoms with Crippen LogP contribution >= 0.6 is 0 Å². The van der Waals surface area contributed by atoms with E-state index in [1.54, 1.807) is 0 Å². The highest BCUT2D eigenvalue weighted by Crippen LogP contribution is 2.15. The Hall–Kier alpha value is -0.860. The molecule has 0 fully saturated rings. The van der Waals surface area contributed by atoms with Crippen molar-refractivity contribution in [3.8, 4) is 0 Å². The van der Waals surface area contributed by atoms with Gasteiger partial charge in [0.25, 0.3) is 0 Å². The summed E-state index contributed by atoms with van der Waals surface area (Å²) in [5, 5.41) is 0. The van der Waals surface area contributed by atoms with E-state index >= 15 is 0 Å². The number of nitrogens with two attached hydrogens (primary N) is 1. The van der Waals surface area contributed by atoms with Crippen molar-refractivity contribution in [2.24, 2.45) is 5.73 Å². The molecule has 1 aromatic carbocycles. The second-order valence-corrected chi connectivity index (χ2v) is 5.23. The van der Waals surface area contributed by atoms with Gasteiger partial charge in [-0.25, -0.2) is 0 Å². The molecule has 1 rings (SSSR count). The Morgan fingerprint density at radius 1 is 1.06 bits per heavy atom. The molecule has 2 N–H and O–H groups in total. The first kappa shape index (κ1) is 15.2. The van der Waals surface area contributed by atoms with Gasteiger partial charge in [0.1, 0.15) is 0 Å². The third-order valence-corrected chi connectivity index (χ3v) is 3.54. The van der Waals surface area contributed by atoms with E-state index in [-0.39, 0.29) is 0 Å². The molecule has 0 unspecified atom stereocenters. The highest BCUT2D eigenvalue weighted by Gasteiger charge is 2.14. The quantitative estimate of drug-likeness (QED) is 0.802. The van der Waals surface area contributed by atoms with Gasteiger partial charge in [-0.15, -0.1) is 0 Å². The fourth-order valence-corrected chi connectivity index (χ4v) is 2.76. The molecule has 0 spiro atoms. The van der Waals surface area contributed by atoms with E-state index < -0.39 is 0 Å². The molecule has 0 radical (unpaired) electrons. The van der Waals surface area contributed by atoms with E-state index in [2.05, 4.69) is 50.8 Å². The minimum Gasteiger partial charge on any atom is -0.329 e. The van der Waals surface area contributed by atoms with Crippen LogP contribution in [0.3, 0.4) is 0 Å². The summed E-state index contributed by atoms with van der Waals surface area (Å²) in [5.74, 6) is 0. The Balaban J connectivity index is 2.81. The monoisotopic (exact) mass is 248 g/mol. The van der Waals surface area contributed by atoms with Crippen LogP contribution in [0.1, 0.15) is 43.4 Å². The topological polar surface area (TPSA) is 29.3 Å². The molecular weight excluding hydrogens is 220 g/mol. The molecule has 0 atom stereocenters. The lowest BCUT2D eigenvalue weighted by Crippen LogP contribution is -2.37. The zero-order chi connectivity index (χ0) is 13.5. The average molecular weight is 248 g/mol. The molecule has 0 amide bonds. The lowest BCUT2D eigenvalue weighted by Gasteiger charge is -2.30. The third kappa shape index (κ3) is 4.43. The van der Waals surface area contributed by atoms with Gasteiger partial charge in [-0.3, -0.25) is 4.90 Å². The molecule has 0 aliphatic carbocycles. The molecule has 2 heteroatoms. The second-order valence-electron chi connectivity index (χ2n) is 5.23. The molecule has 0 bridgehead atoms. The summed E-state index contributed by atoms with van der Waals surface area (Å²) in [6.45, 7) is 11.6. The SMILES string of the molecule is CCC(CC)N(CCN)Cc1cc(C)cc(C)c1. The number of nitrogens with zero attached hydrogens (tertiary/aromatic N) is 1. The van der Waals surface area contributed by atoms with E-state index in [1.807, 2.05) is 0 Å². The molecule has 0 aliphatic rings. The predicted octanol–water partition coefficient (Wildman–Crippen LogP) is 3.25. The van der Waals surface area contributed by atoms with Crippen molar-refractivity contribution in [2.45, 2.75) is 53.1 Å². The molecule has 0 aromatic heterocycles. The van der Waals surface area contributed by atoms with E-state index in [1.165, 1.54) is 29.5 Å². The van der Waals surface area contributed by atoms with Gasteiger partial charge in [0.2, 0.25) is 0 Å². The van der Waals surface area contributed by atoms with E-state index in [9.17, 15) is 0 Å². The first-order valence-corrected chi connectivity index (χ1v) is 7.12. The van der Waals surface area contributed by atoms with Crippen LogP contribution in [0.25, 0.3) is 0 Å². The second kappa shape index (κ2) is 7.55. The van der Waals surface area contributed by atoms with Crippen LogP contribution in [0.15, 0.2) is 18.2 Å². The number of benzene rings is 1. The van der Waals surface area contributed by atoms with E-state index in [4.69, 9.17) is 5.73 Å². The minimum absolute atomic E-state index is 0.648. The van der Waals surface area contributed by atoms with Crippen molar-refractivity contribution in [3.63, 3.8) is 0 Å². The number of hydrogen-bond acceptors (Lipinski definition) is 2. The zero-order valence-corrected chi connectivity index (χ0v) is 12.4. The Labute approximate surface area is 112 Å². The normalized spacial score (nSPS) is 11.5. The van der Waals surface area contributed by atoms with Crippen LogP contribution in [-0.4, -0.2) is 24.0 Å². The molecule has 1 aromatic rings. The number of rotatable bonds is 7. The smallest absolute Gasteiger partial charge is 0.0237 e. The lowest BCUT2D eigenvalue weighted by atomic mass is 10.0. The molecular formula is C16H28N2. The first-order chi connectivity index (χ1) is 8.60. The van der Waals surface area contributed by atoms with Crippen molar-refractivity contribution in [2.75, 3.05) is 13.1 Å². The molecule has 0 heterocycles. The predicted molar refractivity (Wildman–Crippen MR) is 79.8 cm³/mol. The molecule has 0 saturated carbocycles. The number of aryl methyl sites for hydroxylation is 2. The van der Waals surface area contributed by atoms with Crippen molar-refractivity contribution in [1.82, 2.24) is 4.90 Å². The summed E-state index contributed by atoms with van der Waals surface area (Å²) >= 11 is 0. The average Bonchev–Trinajstić information content (AvgIpc) is 2.29. The van der Waals surface area contributed by atoms with Crippen molar-refractivity contribution >= 4 is 0 Å². The van der Waals surface area contributed by atoms with Gasteiger partial charge in [-0.1, -0.05) is 43.2 Å². The summed E-state index contributed by atoms with van der Waals surface area (Å²) in [6.07, 6.45) is 2.39. The Morgan fingerprint density at radius 2 is 1.61 bits per heavy atom. The van der Waals surface area contributed by atoms with Gasteiger partial charge < -0.3 is 5.73 Å². The van der Waals surface area contributed by atoms with Gasteiger partial charge in [-0.05, 0) is 32.3 Å². The van der Waals surface area contributed by atoms with Crippen LogP contribution in [0.2, 0.25) is 0 Å². The summed E-state index contributed by atoms with van der Waals surface area (Å²) in [5.41, 5.74) is 9.86. The van der Waals surface area contributed by atoms with Crippen molar-refractivity contribution < 1.29 is 0 Å². The summed E-state index contributed by atoms with van der Waals surface area (Å²) < 4.78 is 0. The summed E-state index contributed by atoms with van der Waals surface area (Å²) in [6, 6.07) is 7.46. The van der Waals surface area contributed by atoms with Crippen LogP contribution in [-0.2, 0) is 6.54 Å². The standard InChI is InChI=1S/C16H28N2/c1-5-16(6-2)18(8-7-17)12-15-10-13(3)9-14(4)11-15/h9-11,16H,5-8,12,17H2,1-4H3. The molecule has 0 saturated heterocycles. The Bertz CT molecular complexity index is 336. The zero-order valence-electron chi connectivity index (χ0n) is 12.4. The highest BCUT2D eigenvalue weighted by molar-refractivity contribution is 5.28. The highest BCUT2D eigenvalue weighted by atomic mass is 15.2. The molecule has 18 heavy (non-hydrogen) atoms. The van der Waals surface area contributed by atoms with Crippen LogP contribution in [0.4, 0.5) is 0 Å². The van der Waals surface area contributed by atoms with Gasteiger partial charge in [0.05, 0.1) is 0 Å². The fraction of sp³-hybridized carbons (Fsp3) is 0.625. The maximum Gasteiger partial charge on any atom is 0.0237 e. The molecule has 2 nitrogen and oxygen atoms in total. The third-order valence-electron chi connectivity index (χ3n) is 3.54. The van der Waals surface area contributed by atoms with E-state index in [0.29, 0.717) is 6.04 Å². The van der Waals surface area contributed by atoms with Crippen LogP contribution in [0, 0.1) is 13.8 Å². The van der Waals surface area contributed by atoms with Gasteiger partial charge >= 0.3 is 0 Å². The maximum absolute atomic E-state index is 5.75. The first-order valence-electron chi connectivity index (χ1n) is 7.12. The number of hydrogen-bond donors (Lipinski definition) is 1. The van der Waals surface area contributed by atoms with Crippen molar-refractivity contribution in [3.05, 3.63) is 34.9 Å². The van der Waals surface area contributed by atoms with Gasteiger partial charge in [-0.2, -0.15) is 0 Å². The van der Waals surface area contributed by atoms with E-state index in [0.717, 1.165) is 19.6 Å². The van der Waals surface area contributed by atoms with Crippen molar-refractivity contribution in [1.29, 1.82) is 0 Å². The largest absolute Gasteiger partial charge is 0.329 e. The van der Waals surface area contributed by atoms with Gasteiger partial charge in [0, 0.05) is 25.7 Å². The summed E-state index contributed by atoms with van der Waals surface area (Å²) in [4.78, 5) is 2.52. The molecule has 0 aliphatic heterocycles. The maximum atomic E-state index is 5.75. The minimum atomic E-state index is 0.648. The Morgan fingerprint density at radius 3 is 2.06 bits per heavy atom. The lowest BCUT2D eigenvalue weighted by molar-refractivity contribution is 0.182.